The SMILES string of the molecule is COc1ccc(C(=O)n2c(C3CCCC3)nc3ccccc32)cc1. The minimum atomic E-state index is -0.0201. The summed E-state index contributed by atoms with van der Waals surface area (Å²) < 4.78 is 7.00. The van der Waals surface area contributed by atoms with E-state index in [-0.39, 0.29) is 5.91 Å². The van der Waals surface area contributed by atoms with Crippen LogP contribution in [0.3, 0.4) is 0 Å². The van der Waals surface area contributed by atoms with E-state index in [9.17, 15) is 4.79 Å². The molecule has 0 spiro atoms. The van der Waals surface area contributed by atoms with Crippen molar-refractivity contribution < 1.29 is 9.53 Å². The molecule has 0 aliphatic heterocycles. The topological polar surface area (TPSA) is 44.1 Å². The number of aromatic nitrogens is 2. The van der Waals surface area contributed by atoms with Gasteiger partial charge in [-0.15, -0.1) is 0 Å². The Hall–Kier alpha value is -2.62. The quantitative estimate of drug-likeness (QED) is 0.719. The number of ether oxygens (including phenoxy) is 1. The molecular formula is C20H20N2O2. The van der Waals surface area contributed by atoms with Gasteiger partial charge in [0.05, 0.1) is 18.1 Å². The number of carbonyl (C=O) groups excluding carboxylic acids is 1. The summed E-state index contributed by atoms with van der Waals surface area (Å²) in [6.45, 7) is 0. The van der Waals surface area contributed by atoms with E-state index in [2.05, 4.69) is 0 Å². The van der Waals surface area contributed by atoms with Crippen molar-refractivity contribution in [2.24, 2.45) is 0 Å². The molecule has 2 aromatic carbocycles. The van der Waals surface area contributed by atoms with E-state index in [0.29, 0.717) is 11.5 Å². The molecule has 0 bridgehead atoms. The van der Waals surface area contributed by atoms with Crippen molar-refractivity contribution in [3.8, 4) is 5.75 Å². The fraction of sp³-hybridized carbons (Fsp3) is 0.300. The fourth-order valence-corrected chi connectivity index (χ4v) is 3.58. The number of rotatable bonds is 3. The van der Waals surface area contributed by atoms with Crippen molar-refractivity contribution in [2.45, 2.75) is 31.6 Å². The van der Waals surface area contributed by atoms with Crippen LogP contribution in [-0.4, -0.2) is 22.6 Å². The lowest BCUT2D eigenvalue weighted by Crippen LogP contribution is -2.17. The molecule has 3 aromatic rings. The molecule has 0 N–H and O–H groups in total. The predicted molar refractivity (Wildman–Crippen MR) is 93.7 cm³/mol. The summed E-state index contributed by atoms with van der Waals surface area (Å²) >= 11 is 0. The highest BCUT2D eigenvalue weighted by Crippen LogP contribution is 2.35. The Balaban J connectivity index is 1.83. The maximum Gasteiger partial charge on any atom is 0.263 e. The third kappa shape index (κ3) is 2.48. The van der Waals surface area contributed by atoms with E-state index >= 15 is 0 Å². The van der Waals surface area contributed by atoms with Gasteiger partial charge in [-0.25, -0.2) is 4.98 Å². The van der Waals surface area contributed by atoms with Gasteiger partial charge in [-0.3, -0.25) is 9.36 Å². The minimum Gasteiger partial charge on any atom is -0.497 e. The van der Waals surface area contributed by atoms with Crippen LogP contribution in [0.4, 0.5) is 0 Å². The van der Waals surface area contributed by atoms with E-state index in [1.807, 2.05) is 53.1 Å². The first-order valence-corrected chi connectivity index (χ1v) is 8.44. The Morgan fingerprint density at radius 1 is 1.08 bits per heavy atom. The summed E-state index contributed by atoms with van der Waals surface area (Å²) in [6, 6.07) is 15.1. The van der Waals surface area contributed by atoms with Crippen LogP contribution < -0.4 is 4.74 Å². The van der Waals surface area contributed by atoms with Crippen LogP contribution in [0.15, 0.2) is 48.5 Å². The van der Waals surface area contributed by atoms with E-state index in [1.54, 1.807) is 7.11 Å². The lowest BCUT2D eigenvalue weighted by Gasteiger charge is -2.12. The first-order valence-electron chi connectivity index (χ1n) is 8.44. The Morgan fingerprint density at radius 3 is 2.50 bits per heavy atom. The first kappa shape index (κ1) is 14.9. The van der Waals surface area contributed by atoms with Gasteiger partial charge in [0.2, 0.25) is 0 Å². The third-order valence-electron chi connectivity index (χ3n) is 4.85. The van der Waals surface area contributed by atoms with Gasteiger partial charge in [-0.05, 0) is 49.2 Å². The van der Waals surface area contributed by atoms with Crippen molar-refractivity contribution in [3.63, 3.8) is 0 Å². The standard InChI is InChI=1S/C20H20N2O2/c1-24-16-12-10-15(11-13-16)20(23)22-18-9-5-4-8-17(18)21-19(22)14-6-2-3-7-14/h4-5,8-14H,2-3,6-7H2,1H3. The zero-order chi connectivity index (χ0) is 16.5. The smallest absolute Gasteiger partial charge is 0.263 e. The van der Waals surface area contributed by atoms with Gasteiger partial charge < -0.3 is 4.74 Å². The Bertz CT molecular complexity index is 874. The number of hydrogen-bond donors (Lipinski definition) is 0. The normalized spacial score (nSPS) is 15.0. The van der Waals surface area contributed by atoms with Crippen LogP contribution in [0.1, 0.15) is 47.8 Å². The first-order chi connectivity index (χ1) is 11.8. The molecule has 0 radical (unpaired) electrons. The third-order valence-corrected chi connectivity index (χ3v) is 4.85. The van der Waals surface area contributed by atoms with Crippen LogP contribution in [0.25, 0.3) is 11.0 Å². The molecule has 0 atom stereocenters. The van der Waals surface area contributed by atoms with Gasteiger partial charge in [0.25, 0.3) is 5.91 Å². The molecule has 122 valence electrons. The average molecular weight is 320 g/mol. The van der Waals surface area contributed by atoms with E-state index < -0.39 is 0 Å². The fourth-order valence-electron chi connectivity index (χ4n) is 3.58. The molecule has 1 aromatic heterocycles. The monoisotopic (exact) mass is 320 g/mol. The molecule has 1 aliphatic carbocycles. The molecule has 4 nitrogen and oxygen atoms in total. The molecule has 1 heterocycles. The van der Waals surface area contributed by atoms with Crippen molar-refractivity contribution in [1.82, 2.24) is 9.55 Å². The molecule has 0 saturated heterocycles. The number of methoxy groups -OCH3 is 1. The second-order valence-corrected chi connectivity index (χ2v) is 6.31. The van der Waals surface area contributed by atoms with Crippen LogP contribution in [0, 0.1) is 0 Å². The molecule has 4 heteroatoms. The second kappa shape index (κ2) is 6.11. The van der Waals surface area contributed by atoms with Crippen molar-refractivity contribution in [1.29, 1.82) is 0 Å². The average Bonchev–Trinajstić information content (AvgIpc) is 3.28. The van der Waals surface area contributed by atoms with Crippen LogP contribution in [0.2, 0.25) is 0 Å². The zero-order valence-electron chi connectivity index (χ0n) is 13.7. The lowest BCUT2D eigenvalue weighted by atomic mass is 10.1. The van der Waals surface area contributed by atoms with Crippen LogP contribution in [0.5, 0.6) is 5.75 Å². The molecule has 24 heavy (non-hydrogen) atoms. The van der Waals surface area contributed by atoms with E-state index in [1.165, 1.54) is 12.8 Å². The van der Waals surface area contributed by atoms with Gasteiger partial charge >= 0.3 is 0 Å². The number of imidazole rings is 1. The number of fused-ring (bicyclic) bond motifs is 1. The summed E-state index contributed by atoms with van der Waals surface area (Å²) in [4.78, 5) is 18.0. The molecule has 0 amide bonds. The van der Waals surface area contributed by atoms with Gasteiger partial charge in [0.15, 0.2) is 0 Å². The van der Waals surface area contributed by atoms with Crippen LogP contribution in [-0.2, 0) is 0 Å². The molecule has 0 unspecified atom stereocenters. The molecule has 1 aliphatic rings. The minimum absolute atomic E-state index is 0.0201. The van der Waals surface area contributed by atoms with Gasteiger partial charge in [0.1, 0.15) is 11.6 Å². The van der Waals surface area contributed by atoms with Crippen molar-refractivity contribution in [2.75, 3.05) is 7.11 Å². The highest BCUT2D eigenvalue weighted by Gasteiger charge is 2.26. The highest BCUT2D eigenvalue weighted by atomic mass is 16.5. The Labute approximate surface area is 141 Å². The summed E-state index contributed by atoms with van der Waals surface area (Å²) in [5, 5.41) is 0. The number of nitrogens with zero attached hydrogens (tertiary/aromatic N) is 2. The number of carbonyl (C=O) groups is 1. The van der Waals surface area contributed by atoms with Crippen molar-refractivity contribution >= 4 is 16.9 Å². The number of benzene rings is 2. The van der Waals surface area contributed by atoms with Gasteiger partial charge in [0, 0.05) is 11.5 Å². The van der Waals surface area contributed by atoms with Crippen molar-refractivity contribution in [3.05, 3.63) is 59.9 Å². The maximum absolute atomic E-state index is 13.2. The second-order valence-electron chi connectivity index (χ2n) is 6.31. The molecule has 1 saturated carbocycles. The molecule has 4 rings (SSSR count). The maximum atomic E-state index is 13.2. The Morgan fingerprint density at radius 2 is 1.79 bits per heavy atom. The highest BCUT2D eigenvalue weighted by molar-refractivity contribution is 6.01. The van der Waals surface area contributed by atoms with Crippen LogP contribution >= 0.6 is 0 Å². The summed E-state index contributed by atoms with van der Waals surface area (Å²) in [5.41, 5.74) is 2.43. The summed E-state index contributed by atoms with van der Waals surface area (Å²) in [5.74, 6) is 2.01. The van der Waals surface area contributed by atoms with Gasteiger partial charge in [-0.1, -0.05) is 25.0 Å². The molecule has 1 fully saturated rings. The predicted octanol–water partition coefficient (Wildman–Crippen LogP) is 4.39. The largest absolute Gasteiger partial charge is 0.497 e. The Kier molecular flexibility index (Phi) is 3.81. The number of para-hydroxylation sites is 2. The van der Waals surface area contributed by atoms with E-state index in [4.69, 9.17) is 9.72 Å². The lowest BCUT2D eigenvalue weighted by molar-refractivity contribution is 0.0960. The summed E-state index contributed by atoms with van der Waals surface area (Å²) in [7, 11) is 1.62. The summed E-state index contributed by atoms with van der Waals surface area (Å²) in [6.07, 6.45) is 4.65. The molecular weight excluding hydrogens is 300 g/mol. The van der Waals surface area contributed by atoms with Gasteiger partial charge in [-0.2, -0.15) is 0 Å². The zero-order valence-corrected chi connectivity index (χ0v) is 13.7. The number of hydrogen-bond acceptors (Lipinski definition) is 3. The van der Waals surface area contributed by atoms with E-state index in [0.717, 1.165) is 35.4 Å².